The minimum Gasteiger partial charge on any atom is -0.358 e. The fourth-order valence-electron chi connectivity index (χ4n) is 3.67. The quantitative estimate of drug-likeness (QED) is 0.843. The molecule has 1 aromatic carbocycles. The summed E-state index contributed by atoms with van der Waals surface area (Å²) in [4.78, 5) is 18.2. The summed E-state index contributed by atoms with van der Waals surface area (Å²) in [6.07, 6.45) is 4.07. The molecule has 3 nitrogen and oxygen atoms in total. The second-order valence-corrected chi connectivity index (χ2v) is 7.03. The predicted molar refractivity (Wildman–Crippen MR) is 95.9 cm³/mol. The average molecular weight is 333 g/mol. The molecule has 0 bridgehead atoms. The van der Waals surface area contributed by atoms with E-state index in [9.17, 15) is 4.79 Å². The third kappa shape index (κ3) is 3.40. The largest absolute Gasteiger partial charge is 0.358 e. The van der Waals surface area contributed by atoms with E-state index in [1.54, 1.807) is 0 Å². The third-order valence-electron chi connectivity index (χ3n) is 5.11. The smallest absolute Gasteiger partial charge is 0.225 e. The number of carbonyl (C=O) groups is 1. The first kappa shape index (κ1) is 16.4. The van der Waals surface area contributed by atoms with Crippen LogP contribution in [0, 0.1) is 5.92 Å². The van der Waals surface area contributed by atoms with E-state index in [0.29, 0.717) is 11.8 Å². The number of carbonyl (C=O) groups excluding carboxylic acids is 1. The van der Waals surface area contributed by atoms with Crippen molar-refractivity contribution >= 4 is 28.4 Å². The highest BCUT2D eigenvalue weighted by atomic mass is 35.5. The normalized spacial score (nSPS) is 18.8. The van der Waals surface area contributed by atoms with Crippen LogP contribution in [0.5, 0.6) is 0 Å². The zero-order valence-electron chi connectivity index (χ0n) is 13.9. The van der Waals surface area contributed by atoms with Gasteiger partial charge in [-0.25, -0.2) is 0 Å². The molecule has 0 radical (unpaired) electrons. The first-order valence-corrected chi connectivity index (χ1v) is 9.07. The van der Waals surface area contributed by atoms with Gasteiger partial charge in [0.05, 0.1) is 0 Å². The SMILES string of the molecule is CCC(CC)C(=O)N1CCCC(c2cc3cc(Cl)ccc3[nH]2)C1. The number of fused-ring (bicyclic) bond motifs is 1. The summed E-state index contributed by atoms with van der Waals surface area (Å²) in [6.45, 7) is 5.94. The van der Waals surface area contributed by atoms with Gasteiger partial charge < -0.3 is 9.88 Å². The highest BCUT2D eigenvalue weighted by Crippen LogP contribution is 2.31. The predicted octanol–water partition coefficient (Wildman–Crippen LogP) is 4.96. The molecule has 2 aromatic rings. The molecule has 0 spiro atoms. The van der Waals surface area contributed by atoms with Crippen molar-refractivity contribution in [1.29, 1.82) is 0 Å². The Morgan fingerprint density at radius 3 is 2.87 bits per heavy atom. The van der Waals surface area contributed by atoms with Crippen molar-refractivity contribution in [3.05, 3.63) is 35.0 Å². The molecule has 1 amide bonds. The van der Waals surface area contributed by atoms with Crippen LogP contribution in [0.4, 0.5) is 0 Å². The highest BCUT2D eigenvalue weighted by molar-refractivity contribution is 6.31. The maximum Gasteiger partial charge on any atom is 0.225 e. The summed E-state index contributed by atoms with van der Waals surface area (Å²) in [5.41, 5.74) is 2.34. The van der Waals surface area contributed by atoms with Crippen LogP contribution in [-0.4, -0.2) is 28.9 Å². The standard InChI is InChI=1S/C19H25ClN2O/c1-3-13(4-2)19(23)22-9-5-6-14(12-22)18-11-15-10-16(20)7-8-17(15)21-18/h7-8,10-11,13-14,21H,3-6,9,12H2,1-2H3. The molecule has 1 fully saturated rings. The van der Waals surface area contributed by atoms with Crippen molar-refractivity contribution in [3.8, 4) is 0 Å². The number of hydrogen-bond acceptors (Lipinski definition) is 1. The van der Waals surface area contributed by atoms with Crippen LogP contribution in [-0.2, 0) is 4.79 Å². The molecule has 0 saturated carbocycles. The lowest BCUT2D eigenvalue weighted by atomic mass is 9.92. The Hall–Kier alpha value is -1.48. The van der Waals surface area contributed by atoms with Crippen LogP contribution < -0.4 is 0 Å². The van der Waals surface area contributed by atoms with Gasteiger partial charge in [-0.05, 0) is 49.9 Å². The van der Waals surface area contributed by atoms with Gasteiger partial charge in [0.15, 0.2) is 0 Å². The van der Waals surface area contributed by atoms with Gasteiger partial charge in [0.25, 0.3) is 0 Å². The summed E-state index contributed by atoms with van der Waals surface area (Å²) in [5.74, 6) is 0.905. The zero-order chi connectivity index (χ0) is 16.4. The first-order chi connectivity index (χ1) is 11.1. The Labute approximate surface area is 143 Å². The van der Waals surface area contributed by atoms with E-state index in [0.717, 1.165) is 54.7 Å². The zero-order valence-corrected chi connectivity index (χ0v) is 14.7. The van der Waals surface area contributed by atoms with Gasteiger partial charge in [-0.1, -0.05) is 25.4 Å². The lowest BCUT2D eigenvalue weighted by Gasteiger charge is -2.34. The number of H-pyrrole nitrogens is 1. The Kier molecular flexibility index (Phi) is 4.96. The van der Waals surface area contributed by atoms with Crippen molar-refractivity contribution < 1.29 is 4.79 Å². The topological polar surface area (TPSA) is 36.1 Å². The van der Waals surface area contributed by atoms with Crippen LogP contribution in [0.3, 0.4) is 0 Å². The number of amides is 1. The Morgan fingerprint density at radius 1 is 1.35 bits per heavy atom. The van der Waals surface area contributed by atoms with Crippen LogP contribution in [0.15, 0.2) is 24.3 Å². The molecule has 0 aliphatic carbocycles. The molecule has 1 unspecified atom stereocenters. The third-order valence-corrected chi connectivity index (χ3v) is 5.35. The summed E-state index contributed by atoms with van der Waals surface area (Å²) < 4.78 is 0. The van der Waals surface area contributed by atoms with Crippen LogP contribution in [0.25, 0.3) is 10.9 Å². The van der Waals surface area contributed by atoms with E-state index in [2.05, 4.69) is 29.8 Å². The molecule has 1 saturated heterocycles. The summed E-state index contributed by atoms with van der Waals surface area (Å²) in [5, 5.41) is 1.91. The van der Waals surface area contributed by atoms with E-state index >= 15 is 0 Å². The van der Waals surface area contributed by atoms with Crippen LogP contribution >= 0.6 is 11.6 Å². The number of piperidine rings is 1. The van der Waals surface area contributed by atoms with Gasteiger partial charge in [0, 0.05) is 46.5 Å². The van der Waals surface area contributed by atoms with Crippen molar-refractivity contribution in [1.82, 2.24) is 9.88 Å². The van der Waals surface area contributed by atoms with Gasteiger partial charge in [-0.3, -0.25) is 4.79 Å². The van der Waals surface area contributed by atoms with Crippen LogP contribution in [0.2, 0.25) is 5.02 Å². The molecule has 23 heavy (non-hydrogen) atoms. The second-order valence-electron chi connectivity index (χ2n) is 6.59. The Bertz CT molecular complexity index is 690. The lowest BCUT2D eigenvalue weighted by molar-refractivity contribution is -0.137. The summed E-state index contributed by atoms with van der Waals surface area (Å²) >= 11 is 6.08. The lowest BCUT2D eigenvalue weighted by Crippen LogP contribution is -2.42. The minimum atomic E-state index is 0.176. The number of aromatic amines is 1. The summed E-state index contributed by atoms with van der Waals surface area (Å²) in [7, 11) is 0. The number of nitrogens with zero attached hydrogens (tertiary/aromatic N) is 1. The number of hydrogen-bond donors (Lipinski definition) is 1. The number of likely N-dealkylation sites (tertiary alicyclic amines) is 1. The second kappa shape index (κ2) is 6.96. The fraction of sp³-hybridized carbons (Fsp3) is 0.526. The van der Waals surface area contributed by atoms with Gasteiger partial charge in [-0.2, -0.15) is 0 Å². The molecular formula is C19H25ClN2O. The molecule has 1 aliphatic rings. The highest BCUT2D eigenvalue weighted by Gasteiger charge is 2.28. The van der Waals surface area contributed by atoms with Crippen molar-refractivity contribution in [2.75, 3.05) is 13.1 Å². The molecule has 3 rings (SSSR count). The number of halogens is 1. The van der Waals surface area contributed by atoms with Crippen molar-refractivity contribution in [2.24, 2.45) is 5.92 Å². The molecule has 1 aromatic heterocycles. The Morgan fingerprint density at radius 2 is 2.13 bits per heavy atom. The van der Waals surface area contributed by atoms with E-state index in [1.807, 2.05) is 18.2 Å². The van der Waals surface area contributed by atoms with Gasteiger partial charge >= 0.3 is 0 Å². The number of aromatic nitrogens is 1. The van der Waals surface area contributed by atoms with Gasteiger partial charge in [-0.15, -0.1) is 0 Å². The number of rotatable bonds is 4. The molecule has 124 valence electrons. The molecular weight excluding hydrogens is 308 g/mol. The number of nitrogens with one attached hydrogen (secondary N) is 1. The average Bonchev–Trinajstić information content (AvgIpc) is 2.99. The first-order valence-electron chi connectivity index (χ1n) is 8.69. The van der Waals surface area contributed by atoms with E-state index in [-0.39, 0.29) is 5.92 Å². The van der Waals surface area contributed by atoms with Crippen LogP contribution in [0.1, 0.15) is 51.1 Å². The fourth-order valence-corrected chi connectivity index (χ4v) is 3.85. The minimum absolute atomic E-state index is 0.176. The monoisotopic (exact) mass is 332 g/mol. The maximum absolute atomic E-state index is 12.7. The van der Waals surface area contributed by atoms with Crippen molar-refractivity contribution in [2.45, 2.75) is 45.4 Å². The molecule has 1 aliphatic heterocycles. The summed E-state index contributed by atoms with van der Waals surface area (Å²) in [6, 6.07) is 8.12. The Balaban J connectivity index is 1.78. The van der Waals surface area contributed by atoms with E-state index in [4.69, 9.17) is 11.6 Å². The van der Waals surface area contributed by atoms with E-state index in [1.165, 1.54) is 5.69 Å². The maximum atomic E-state index is 12.7. The van der Waals surface area contributed by atoms with Gasteiger partial charge in [0.2, 0.25) is 5.91 Å². The molecule has 2 heterocycles. The molecule has 1 atom stereocenters. The van der Waals surface area contributed by atoms with Crippen molar-refractivity contribution in [3.63, 3.8) is 0 Å². The van der Waals surface area contributed by atoms with Gasteiger partial charge in [0.1, 0.15) is 0 Å². The molecule has 1 N–H and O–H groups in total. The van der Waals surface area contributed by atoms with E-state index < -0.39 is 0 Å². The number of benzene rings is 1. The molecule has 4 heteroatoms.